The second-order valence-electron chi connectivity index (χ2n) is 5.02. The molecule has 0 unspecified atom stereocenters. The lowest BCUT2D eigenvalue weighted by Gasteiger charge is -2.05. The Bertz CT molecular complexity index is 889. The van der Waals surface area contributed by atoms with Gasteiger partial charge in [0.1, 0.15) is 0 Å². The van der Waals surface area contributed by atoms with Gasteiger partial charge >= 0.3 is 0 Å². The first-order valence-electron chi connectivity index (χ1n) is 6.80. The van der Waals surface area contributed by atoms with Crippen molar-refractivity contribution in [3.8, 4) is 11.1 Å². The summed E-state index contributed by atoms with van der Waals surface area (Å²) in [7, 11) is 0. The number of rotatable bonds is 1. The van der Waals surface area contributed by atoms with Crippen LogP contribution in [0.3, 0.4) is 0 Å². The third-order valence-electron chi connectivity index (χ3n) is 3.70. The van der Waals surface area contributed by atoms with Gasteiger partial charge in [0.25, 0.3) is 0 Å². The van der Waals surface area contributed by atoms with Gasteiger partial charge in [-0.15, -0.1) is 0 Å². The van der Waals surface area contributed by atoms with Crippen LogP contribution in [0.25, 0.3) is 32.7 Å². The maximum absolute atomic E-state index is 3.54. The van der Waals surface area contributed by atoms with E-state index in [-0.39, 0.29) is 0 Å². The summed E-state index contributed by atoms with van der Waals surface area (Å²) in [6.45, 7) is 0. The van der Waals surface area contributed by atoms with E-state index in [1.165, 1.54) is 27.1 Å². The Labute approximate surface area is 118 Å². The second kappa shape index (κ2) is 4.50. The molecule has 0 bridgehead atoms. The van der Waals surface area contributed by atoms with Gasteiger partial charge in [0.15, 0.2) is 0 Å². The molecule has 0 atom stereocenters. The Morgan fingerprint density at radius 2 is 1.25 bits per heavy atom. The molecule has 1 radical (unpaired) electrons. The van der Waals surface area contributed by atoms with E-state index in [0.717, 1.165) is 5.56 Å². The molecule has 4 aromatic carbocycles. The summed E-state index contributed by atoms with van der Waals surface area (Å²) < 4.78 is 0. The average molecular weight is 253 g/mol. The van der Waals surface area contributed by atoms with Crippen molar-refractivity contribution in [1.82, 2.24) is 0 Å². The summed E-state index contributed by atoms with van der Waals surface area (Å²) in [5.41, 5.74) is 2.36. The molecule has 0 saturated heterocycles. The van der Waals surface area contributed by atoms with Crippen LogP contribution < -0.4 is 0 Å². The van der Waals surface area contributed by atoms with Gasteiger partial charge in [0.2, 0.25) is 0 Å². The Morgan fingerprint density at radius 3 is 2.05 bits per heavy atom. The second-order valence-corrected chi connectivity index (χ2v) is 5.02. The quantitative estimate of drug-likeness (QED) is 0.395. The standard InChI is InChI=1S/C20H13/c1-2-6-15(7-3-1)18-10-11-19-12-16-8-4-5-9-17(16)13-20(19)14-18/h1-13H. The first-order chi connectivity index (χ1) is 9.90. The predicted octanol–water partition coefficient (Wildman–Crippen LogP) is 5.46. The van der Waals surface area contributed by atoms with Crippen molar-refractivity contribution < 1.29 is 0 Å². The minimum Gasteiger partial charge on any atom is -0.0622 e. The molecule has 4 aromatic rings. The molecule has 0 spiro atoms. The molecule has 0 heterocycles. The SMILES string of the molecule is [c]1c(-c2ccccc2)ccc2cc3ccccc3cc12. The van der Waals surface area contributed by atoms with E-state index in [9.17, 15) is 0 Å². The summed E-state index contributed by atoms with van der Waals surface area (Å²) in [6.07, 6.45) is 0. The van der Waals surface area contributed by atoms with Gasteiger partial charge in [-0.3, -0.25) is 0 Å². The van der Waals surface area contributed by atoms with Gasteiger partial charge in [-0.05, 0) is 50.9 Å². The van der Waals surface area contributed by atoms with E-state index in [1.807, 2.05) is 6.07 Å². The van der Waals surface area contributed by atoms with E-state index < -0.39 is 0 Å². The Morgan fingerprint density at radius 1 is 0.550 bits per heavy atom. The van der Waals surface area contributed by atoms with Gasteiger partial charge in [-0.2, -0.15) is 0 Å². The summed E-state index contributed by atoms with van der Waals surface area (Å²) in [4.78, 5) is 0. The minimum atomic E-state index is 1.15. The van der Waals surface area contributed by atoms with Crippen LogP contribution in [0, 0.1) is 6.07 Å². The monoisotopic (exact) mass is 253 g/mol. The Hall–Kier alpha value is -2.60. The highest BCUT2D eigenvalue weighted by atomic mass is 14.1. The maximum atomic E-state index is 3.54. The van der Waals surface area contributed by atoms with Crippen LogP contribution in [0.1, 0.15) is 0 Å². The summed E-state index contributed by atoms with van der Waals surface area (Å²) in [6, 6.07) is 31.2. The van der Waals surface area contributed by atoms with Crippen LogP contribution >= 0.6 is 0 Å². The van der Waals surface area contributed by atoms with E-state index >= 15 is 0 Å². The van der Waals surface area contributed by atoms with Crippen molar-refractivity contribution in [2.75, 3.05) is 0 Å². The fourth-order valence-electron chi connectivity index (χ4n) is 2.65. The Kier molecular flexibility index (Phi) is 2.53. The van der Waals surface area contributed by atoms with E-state index in [2.05, 4.69) is 78.9 Å². The minimum absolute atomic E-state index is 1.15. The van der Waals surface area contributed by atoms with Gasteiger partial charge in [-0.25, -0.2) is 0 Å². The highest BCUT2D eigenvalue weighted by molar-refractivity contribution is 5.99. The molecule has 0 aromatic heterocycles. The average Bonchev–Trinajstić information content (AvgIpc) is 2.53. The molecule has 0 nitrogen and oxygen atoms in total. The molecule has 0 aliphatic heterocycles. The topological polar surface area (TPSA) is 0 Å². The zero-order chi connectivity index (χ0) is 13.4. The lowest BCUT2D eigenvalue weighted by atomic mass is 9.99. The van der Waals surface area contributed by atoms with Crippen molar-refractivity contribution in [3.05, 3.63) is 84.9 Å². The molecule has 20 heavy (non-hydrogen) atoms. The zero-order valence-electron chi connectivity index (χ0n) is 11.0. The van der Waals surface area contributed by atoms with E-state index in [1.54, 1.807) is 0 Å². The van der Waals surface area contributed by atoms with Crippen LogP contribution in [0.4, 0.5) is 0 Å². The van der Waals surface area contributed by atoms with Crippen LogP contribution in [0.15, 0.2) is 78.9 Å². The zero-order valence-corrected chi connectivity index (χ0v) is 11.0. The normalized spacial score (nSPS) is 11.0. The van der Waals surface area contributed by atoms with Gasteiger partial charge in [0, 0.05) is 0 Å². The number of hydrogen-bond donors (Lipinski definition) is 0. The molecule has 0 heteroatoms. The summed E-state index contributed by atoms with van der Waals surface area (Å²) in [5, 5.41) is 4.95. The maximum Gasteiger partial charge on any atom is -0.00141 e. The van der Waals surface area contributed by atoms with Crippen LogP contribution in [-0.2, 0) is 0 Å². The number of hydrogen-bond acceptors (Lipinski definition) is 0. The van der Waals surface area contributed by atoms with Crippen LogP contribution in [-0.4, -0.2) is 0 Å². The van der Waals surface area contributed by atoms with Crippen LogP contribution in [0.2, 0.25) is 0 Å². The fourth-order valence-corrected chi connectivity index (χ4v) is 2.65. The van der Waals surface area contributed by atoms with Crippen molar-refractivity contribution in [3.63, 3.8) is 0 Å². The first kappa shape index (κ1) is 11.2. The van der Waals surface area contributed by atoms with E-state index in [0.29, 0.717) is 0 Å². The highest BCUT2D eigenvalue weighted by Gasteiger charge is 2.01. The van der Waals surface area contributed by atoms with Crippen molar-refractivity contribution in [2.45, 2.75) is 0 Å². The first-order valence-corrected chi connectivity index (χ1v) is 6.80. The molecule has 0 fully saturated rings. The largest absolute Gasteiger partial charge is 0.0622 e. The van der Waals surface area contributed by atoms with Gasteiger partial charge < -0.3 is 0 Å². The number of fused-ring (bicyclic) bond motifs is 2. The molecule has 0 aliphatic carbocycles. The molecule has 4 rings (SSSR count). The predicted molar refractivity (Wildman–Crippen MR) is 85.7 cm³/mol. The summed E-state index contributed by atoms with van der Waals surface area (Å²) >= 11 is 0. The molecule has 0 amide bonds. The van der Waals surface area contributed by atoms with Crippen molar-refractivity contribution >= 4 is 21.5 Å². The van der Waals surface area contributed by atoms with Gasteiger partial charge in [0.05, 0.1) is 0 Å². The molecule has 0 aliphatic rings. The highest BCUT2D eigenvalue weighted by Crippen LogP contribution is 2.27. The smallest absolute Gasteiger partial charge is 0.00141 e. The number of benzene rings is 4. The van der Waals surface area contributed by atoms with Crippen molar-refractivity contribution in [1.29, 1.82) is 0 Å². The molecular formula is C20H13. The molecule has 0 N–H and O–H groups in total. The lowest BCUT2D eigenvalue weighted by molar-refractivity contribution is 1.64. The molecule has 0 saturated carbocycles. The third kappa shape index (κ3) is 1.86. The Balaban J connectivity index is 1.97. The third-order valence-corrected chi connectivity index (χ3v) is 3.70. The van der Waals surface area contributed by atoms with E-state index in [4.69, 9.17) is 0 Å². The lowest BCUT2D eigenvalue weighted by Crippen LogP contribution is -1.80. The van der Waals surface area contributed by atoms with Crippen LogP contribution in [0.5, 0.6) is 0 Å². The van der Waals surface area contributed by atoms with Crippen molar-refractivity contribution in [2.24, 2.45) is 0 Å². The summed E-state index contributed by atoms with van der Waals surface area (Å²) in [5.74, 6) is 0. The molecular weight excluding hydrogens is 240 g/mol. The fraction of sp³-hybridized carbons (Fsp3) is 0. The molecule has 93 valence electrons. The van der Waals surface area contributed by atoms with Gasteiger partial charge in [-0.1, -0.05) is 66.7 Å².